The summed E-state index contributed by atoms with van der Waals surface area (Å²) in [6, 6.07) is 12.1. The van der Waals surface area contributed by atoms with E-state index in [1.807, 2.05) is 19.9 Å². The average Bonchev–Trinajstić information content (AvgIpc) is 3.11. The lowest BCUT2D eigenvalue weighted by Crippen LogP contribution is -2.13. The van der Waals surface area contributed by atoms with Crippen LogP contribution in [0.4, 0.5) is 10.8 Å². The van der Waals surface area contributed by atoms with Gasteiger partial charge in [-0.25, -0.2) is 0 Å². The number of nitrogens with zero attached hydrogens (tertiary/aromatic N) is 2. The molecule has 0 atom stereocenters. The van der Waals surface area contributed by atoms with Crippen molar-refractivity contribution in [2.45, 2.75) is 18.2 Å². The van der Waals surface area contributed by atoms with Gasteiger partial charge in [-0.05, 0) is 43.7 Å². The largest absolute Gasteiger partial charge is 0.495 e. The zero-order valence-corrected chi connectivity index (χ0v) is 17.0. The van der Waals surface area contributed by atoms with E-state index in [4.69, 9.17) is 4.74 Å². The lowest BCUT2D eigenvalue weighted by atomic mass is 10.1. The fourth-order valence-corrected chi connectivity index (χ4v) is 4.37. The summed E-state index contributed by atoms with van der Waals surface area (Å²) in [6.07, 6.45) is 0. The summed E-state index contributed by atoms with van der Waals surface area (Å²) >= 11 is 0.758. The second kappa shape index (κ2) is 7.95. The van der Waals surface area contributed by atoms with E-state index in [9.17, 15) is 13.2 Å². The van der Waals surface area contributed by atoms with Crippen LogP contribution < -0.4 is 14.8 Å². The molecule has 0 saturated heterocycles. The predicted octanol–water partition coefficient (Wildman–Crippen LogP) is 3.22. The van der Waals surface area contributed by atoms with E-state index in [1.165, 1.54) is 7.11 Å². The maximum Gasteiger partial charge on any atom is 0.291 e. The Balaban J connectivity index is 1.79. The Morgan fingerprint density at radius 2 is 1.82 bits per heavy atom. The third-order valence-electron chi connectivity index (χ3n) is 3.74. The molecule has 1 heterocycles. The molecule has 0 bridgehead atoms. The van der Waals surface area contributed by atoms with Gasteiger partial charge in [-0.15, -0.1) is 10.2 Å². The molecule has 0 aliphatic heterocycles. The number of anilines is 2. The Labute approximate surface area is 166 Å². The third-order valence-corrected chi connectivity index (χ3v) is 6.31. The van der Waals surface area contributed by atoms with Crippen molar-refractivity contribution in [1.29, 1.82) is 0 Å². The fourth-order valence-electron chi connectivity index (χ4n) is 2.41. The van der Waals surface area contributed by atoms with E-state index >= 15 is 0 Å². The molecule has 1 amide bonds. The number of ether oxygens (including phenoxy) is 1. The van der Waals surface area contributed by atoms with Gasteiger partial charge in [0.25, 0.3) is 20.3 Å². The van der Waals surface area contributed by atoms with Crippen molar-refractivity contribution in [3.63, 3.8) is 0 Å². The highest BCUT2D eigenvalue weighted by Crippen LogP contribution is 2.29. The molecule has 1 aromatic heterocycles. The first-order valence-corrected chi connectivity index (χ1v) is 10.5. The van der Waals surface area contributed by atoms with E-state index in [0.29, 0.717) is 17.0 Å². The van der Waals surface area contributed by atoms with Crippen molar-refractivity contribution >= 4 is 38.1 Å². The Kier molecular flexibility index (Phi) is 5.61. The molecule has 0 fully saturated rings. The molecular formula is C18H18N4O4S2. The maximum absolute atomic E-state index is 12.6. The Morgan fingerprint density at radius 1 is 1.07 bits per heavy atom. The first-order valence-electron chi connectivity index (χ1n) is 8.17. The smallest absolute Gasteiger partial charge is 0.291 e. The van der Waals surface area contributed by atoms with Gasteiger partial charge in [-0.2, -0.15) is 8.42 Å². The summed E-state index contributed by atoms with van der Waals surface area (Å²) in [4.78, 5) is 12.3. The average molecular weight is 419 g/mol. The molecular weight excluding hydrogens is 400 g/mol. The first kappa shape index (κ1) is 19.8. The number of aromatic nitrogens is 2. The number of rotatable bonds is 6. The second-order valence-corrected chi connectivity index (χ2v) is 8.84. The number of amides is 1. The van der Waals surface area contributed by atoms with E-state index in [2.05, 4.69) is 20.2 Å². The monoisotopic (exact) mass is 418 g/mol. The van der Waals surface area contributed by atoms with Gasteiger partial charge >= 0.3 is 0 Å². The van der Waals surface area contributed by atoms with E-state index in [-0.39, 0.29) is 9.47 Å². The van der Waals surface area contributed by atoms with Crippen LogP contribution in [-0.4, -0.2) is 31.6 Å². The van der Waals surface area contributed by atoms with Gasteiger partial charge in [-0.1, -0.05) is 35.1 Å². The quantitative estimate of drug-likeness (QED) is 0.595. The first-order chi connectivity index (χ1) is 13.3. The lowest BCUT2D eigenvalue weighted by molar-refractivity contribution is 0.102. The SMILES string of the molecule is COc1ccc(C)cc1NS(=O)(=O)c1nnc(NC(=O)c2cccc(C)c2)s1. The molecule has 0 aliphatic rings. The Hall–Kier alpha value is -2.98. The summed E-state index contributed by atoms with van der Waals surface area (Å²) in [5.74, 6) is -0.0104. The van der Waals surface area contributed by atoms with Gasteiger partial charge < -0.3 is 4.74 Å². The van der Waals surface area contributed by atoms with Crippen molar-refractivity contribution < 1.29 is 17.9 Å². The molecule has 2 N–H and O–H groups in total. The number of methoxy groups -OCH3 is 1. The van der Waals surface area contributed by atoms with Gasteiger partial charge in [0.05, 0.1) is 12.8 Å². The van der Waals surface area contributed by atoms with Crippen LogP contribution in [0, 0.1) is 13.8 Å². The summed E-state index contributed by atoms with van der Waals surface area (Å²) in [5.41, 5.74) is 2.54. The van der Waals surface area contributed by atoms with Crippen molar-refractivity contribution in [3.05, 3.63) is 59.2 Å². The van der Waals surface area contributed by atoms with Crippen LogP contribution in [0.2, 0.25) is 0 Å². The highest BCUT2D eigenvalue weighted by Gasteiger charge is 2.23. The van der Waals surface area contributed by atoms with Gasteiger partial charge in [0.15, 0.2) is 0 Å². The number of benzene rings is 2. The molecule has 0 unspecified atom stereocenters. The highest BCUT2D eigenvalue weighted by molar-refractivity contribution is 7.94. The van der Waals surface area contributed by atoms with Crippen molar-refractivity contribution in [3.8, 4) is 5.75 Å². The Morgan fingerprint density at radius 3 is 2.54 bits per heavy atom. The standard InChI is InChI=1S/C18H18N4O4S2/c1-11-5-4-6-13(9-11)16(23)19-17-20-21-18(27-17)28(24,25)22-14-10-12(2)7-8-15(14)26-3/h4-10,22H,1-3H3,(H,19,20,23). The topological polar surface area (TPSA) is 110 Å². The minimum absolute atomic E-state index is 0.0862. The number of sulfonamides is 1. The van der Waals surface area contributed by atoms with Crippen molar-refractivity contribution in [2.75, 3.05) is 17.1 Å². The van der Waals surface area contributed by atoms with Crippen LogP contribution in [0.15, 0.2) is 46.8 Å². The summed E-state index contributed by atoms with van der Waals surface area (Å²) < 4.78 is 32.6. The summed E-state index contributed by atoms with van der Waals surface area (Å²) in [7, 11) is -2.53. The van der Waals surface area contributed by atoms with Gasteiger partial charge in [0, 0.05) is 5.56 Å². The second-order valence-electron chi connectivity index (χ2n) is 6.01. The molecule has 0 saturated carbocycles. The van der Waals surface area contributed by atoms with Crippen molar-refractivity contribution in [1.82, 2.24) is 10.2 Å². The van der Waals surface area contributed by atoms with Crippen LogP contribution in [0.1, 0.15) is 21.5 Å². The number of hydrogen-bond acceptors (Lipinski definition) is 7. The number of carbonyl (C=O) groups is 1. The zero-order chi connectivity index (χ0) is 20.3. The van der Waals surface area contributed by atoms with Gasteiger partial charge in [0.1, 0.15) is 5.75 Å². The predicted molar refractivity (Wildman–Crippen MR) is 108 cm³/mol. The van der Waals surface area contributed by atoms with Crippen LogP contribution in [0.3, 0.4) is 0 Å². The summed E-state index contributed by atoms with van der Waals surface area (Å²) in [5, 5.41) is 10.1. The van der Waals surface area contributed by atoms with Crippen LogP contribution >= 0.6 is 11.3 Å². The number of aryl methyl sites for hydroxylation is 2. The molecule has 0 radical (unpaired) electrons. The number of hydrogen-bond donors (Lipinski definition) is 2. The molecule has 2 aromatic carbocycles. The fraction of sp³-hybridized carbons (Fsp3) is 0.167. The van der Waals surface area contributed by atoms with E-state index < -0.39 is 15.9 Å². The molecule has 3 rings (SSSR count). The van der Waals surface area contributed by atoms with Gasteiger partial charge in [-0.3, -0.25) is 14.8 Å². The molecule has 28 heavy (non-hydrogen) atoms. The molecule has 10 heteroatoms. The van der Waals surface area contributed by atoms with Crippen LogP contribution in [-0.2, 0) is 10.0 Å². The lowest BCUT2D eigenvalue weighted by Gasteiger charge is -2.10. The molecule has 8 nitrogen and oxygen atoms in total. The number of nitrogens with one attached hydrogen (secondary N) is 2. The van der Waals surface area contributed by atoms with E-state index in [1.54, 1.807) is 36.4 Å². The normalized spacial score (nSPS) is 11.1. The number of carbonyl (C=O) groups excluding carboxylic acids is 1. The third kappa shape index (κ3) is 4.46. The van der Waals surface area contributed by atoms with E-state index in [0.717, 1.165) is 22.5 Å². The maximum atomic E-state index is 12.6. The minimum Gasteiger partial charge on any atom is -0.495 e. The molecule has 0 spiro atoms. The minimum atomic E-state index is -3.99. The molecule has 146 valence electrons. The van der Waals surface area contributed by atoms with Gasteiger partial charge in [0.2, 0.25) is 5.13 Å². The van der Waals surface area contributed by atoms with Crippen LogP contribution in [0.25, 0.3) is 0 Å². The molecule has 3 aromatic rings. The summed E-state index contributed by atoms with van der Waals surface area (Å²) in [6.45, 7) is 3.71. The molecule has 0 aliphatic carbocycles. The zero-order valence-electron chi connectivity index (χ0n) is 15.4. The van der Waals surface area contributed by atoms with Crippen LogP contribution in [0.5, 0.6) is 5.75 Å². The van der Waals surface area contributed by atoms with Crippen molar-refractivity contribution in [2.24, 2.45) is 0 Å². The highest BCUT2D eigenvalue weighted by atomic mass is 32.2. The Bertz CT molecular complexity index is 1130.